The molecule has 0 saturated carbocycles. The molecule has 0 aliphatic heterocycles. The molecule has 0 fully saturated rings. The Bertz CT molecular complexity index is 1760. The molecule has 1 unspecified atom stereocenters. The number of aryl methyl sites for hydroxylation is 1. The van der Waals surface area contributed by atoms with Crippen LogP contribution in [-0.4, -0.2) is 22.5 Å². The zero-order valence-corrected chi connectivity index (χ0v) is 22.4. The fraction of sp³-hybridized carbons (Fsp3) is 0.125. The lowest BCUT2D eigenvalue weighted by Crippen LogP contribution is -2.55. The van der Waals surface area contributed by atoms with Crippen LogP contribution >= 0.6 is 23.2 Å². The molecule has 1 heterocycles. The van der Waals surface area contributed by atoms with E-state index in [4.69, 9.17) is 27.6 Å². The molecule has 0 radical (unpaired) electrons. The lowest BCUT2D eigenvalue weighted by molar-refractivity contribution is -0.144. The largest absolute Gasteiger partial charge is 0.479 e. The van der Waals surface area contributed by atoms with Crippen LogP contribution in [0.4, 0.5) is 0 Å². The van der Waals surface area contributed by atoms with E-state index in [1.807, 2.05) is 84.9 Å². The second-order valence-electron chi connectivity index (χ2n) is 9.96. The van der Waals surface area contributed by atoms with E-state index in [1.165, 1.54) is 0 Å². The Morgan fingerprint density at radius 2 is 1.31 bits per heavy atom. The van der Waals surface area contributed by atoms with E-state index >= 15 is 0 Å². The van der Waals surface area contributed by atoms with Crippen LogP contribution in [0.3, 0.4) is 0 Å². The summed E-state index contributed by atoms with van der Waals surface area (Å²) in [5.74, 6) is -1.53. The summed E-state index contributed by atoms with van der Waals surface area (Å²) < 4.78 is 6.00. The second kappa shape index (κ2) is 9.60. The summed E-state index contributed by atoms with van der Waals surface area (Å²) >= 11 is 12.0. The molecule has 1 aliphatic rings. The van der Waals surface area contributed by atoms with Gasteiger partial charge in [0.05, 0.1) is 0 Å². The van der Waals surface area contributed by atoms with E-state index in [0.29, 0.717) is 21.2 Å². The van der Waals surface area contributed by atoms with E-state index < -0.39 is 17.4 Å². The van der Waals surface area contributed by atoms with Crippen molar-refractivity contribution in [2.45, 2.75) is 25.3 Å². The molecular weight excluding hydrogens is 533 g/mol. The molecule has 6 rings (SSSR count). The summed E-state index contributed by atoms with van der Waals surface area (Å²) in [6, 6.07) is 26.6. The molecule has 1 aliphatic carbocycles. The Balaban J connectivity index is 1.29. The summed E-state index contributed by atoms with van der Waals surface area (Å²) in [6.45, 7) is 1.80. The number of hydrogen-bond acceptors (Lipinski definition) is 3. The number of furan rings is 1. The maximum absolute atomic E-state index is 13.5. The molecule has 4 aromatic carbocycles. The summed E-state index contributed by atoms with van der Waals surface area (Å²) in [4.78, 5) is 26.0. The summed E-state index contributed by atoms with van der Waals surface area (Å²) in [5.41, 5.74) is 5.35. The Morgan fingerprint density at radius 3 is 1.92 bits per heavy atom. The minimum Gasteiger partial charge on any atom is -0.479 e. The van der Waals surface area contributed by atoms with Gasteiger partial charge in [-0.15, -0.1) is 0 Å². The van der Waals surface area contributed by atoms with Gasteiger partial charge in [-0.2, -0.15) is 0 Å². The van der Waals surface area contributed by atoms with Gasteiger partial charge < -0.3 is 14.8 Å². The molecule has 0 bridgehead atoms. The van der Waals surface area contributed by atoms with Crippen molar-refractivity contribution in [2.75, 3.05) is 0 Å². The third kappa shape index (κ3) is 4.58. The Kier molecular flexibility index (Phi) is 6.21. The van der Waals surface area contributed by atoms with Gasteiger partial charge in [-0.05, 0) is 70.6 Å². The zero-order chi connectivity index (χ0) is 27.3. The molecule has 0 spiro atoms. The van der Waals surface area contributed by atoms with Gasteiger partial charge in [-0.3, -0.25) is 4.79 Å². The number of halogens is 2. The number of carboxylic acid groups (broad SMARTS) is 1. The van der Waals surface area contributed by atoms with Crippen molar-refractivity contribution in [1.82, 2.24) is 5.32 Å². The van der Waals surface area contributed by atoms with Gasteiger partial charge in [0.2, 0.25) is 0 Å². The molecule has 194 valence electrons. The lowest BCUT2D eigenvalue weighted by atomic mass is 9.95. The maximum Gasteiger partial charge on any atom is 0.330 e. The number of hydrogen-bond donors (Lipinski definition) is 2. The number of carbonyl (C=O) groups excluding carboxylic acids is 1. The molecule has 1 atom stereocenters. The van der Waals surface area contributed by atoms with Crippen molar-refractivity contribution in [2.24, 2.45) is 0 Å². The van der Waals surface area contributed by atoms with Crippen molar-refractivity contribution in [3.05, 3.63) is 117 Å². The lowest BCUT2D eigenvalue weighted by Gasteiger charge is -2.25. The fourth-order valence-electron chi connectivity index (χ4n) is 5.33. The number of aliphatic carboxylic acids is 1. The van der Waals surface area contributed by atoms with Gasteiger partial charge in [0, 0.05) is 33.8 Å². The van der Waals surface area contributed by atoms with Gasteiger partial charge in [0.1, 0.15) is 11.1 Å². The first-order chi connectivity index (χ1) is 18.7. The SMILES string of the molecule is Cc1c(C(=O)NC2(C(=O)O)Cc3ccc(-c4ccc(Cl)cc4)cc3C2)oc2cc(-c3ccc(Cl)cc3)ccc12. The number of carbonyl (C=O) groups is 2. The first-order valence-corrected chi connectivity index (χ1v) is 13.2. The molecule has 1 aromatic heterocycles. The first-order valence-electron chi connectivity index (χ1n) is 12.5. The molecule has 7 heteroatoms. The highest BCUT2D eigenvalue weighted by atomic mass is 35.5. The van der Waals surface area contributed by atoms with Crippen molar-refractivity contribution in [3.63, 3.8) is 0 Å². The number of rotatable bonds is 5. The Labute approximate surface area is 235 Å². The summed E-state index contributed by atoms with van der Waals surface area (Å²) in [5, 5.41) is 15.2. The third-order valence-electron chi connectivity index (χ3n) is 7.45. The van der Waals surface area contributed by atoms with E-state index in [1.54, 1.807) is 6.92 Å². The molecule has 39 heavy (non-hydrogen) atoms. The van der Waals surface area contributed by atoms with Crippen LogP contribution in [-0.2, 0) is 17.6 Å². The van der Waals surface area contributed by atoms with Crippen LogP contribution in [0.15, 0.2) is 89.3 Å². The van der Waals surface area contributed by atoms with E-state index in [2.05, 4.69) is 5.32 Å². The highest BCUT2D eigenvalue weighted by Gasteiger charge is 2.46. The number of nitrogens with one attached hydrogen (secondary N) is 1. The maximum atomic E-state index is 13.5. The predicted molar refractivity (Wildman–Crippen MR) is 154 cm³/mol. The van der Waals surface area contributed by atoms with Gasteiger partial charge in [0.15, 0.2) is 5.76 Å². The van der Waals surface area contributed by atoms with Crippen LogP contribution in [0.1, 0.15) is 27.2 Å². The van der Waals surface area contributed by atoms with Crippen LogP contribution in [0.25, 0.3) is 33.2 Å². The van der Waals surface area contributed by atoms with Gasteiger partial charge in [0.25, 0.3) is 5.91 Å². The van der Waals surface area contributed by atoms with Gasteiger partial charge >= 0.3 is 5.97 Å². The summed E-state index contributed by atoms with van der Waals surface area (Å²) in [7, 11) is 0. The smallest absolute Gasteiger partial charge is 0.330 e. The standard InChI is InChI=1S/C32H23Cl2NO4/c1-18-27-13-8-22(20-6-11-26(34)12-7-20)15-28(27)39-29(18)30(36)35-32(31(37)38)16-23-3-2-21(14-24(23)17-32)19-4-9-25(33)10-5-19/h2-15H,16-17H2,1H3,(H,35,36)(H,37,38). The van der Waals surface area contributed by atoms with Gasteiger partial charge in [-0.1, -0.05) is 77.8 Å². The minimum absolute atomic E-state index is 0.108. The highest BCUT2D eigenvalue weighted by Crippen LogP contribution is 2.36. The Hall–Kier alpha value is -4.06. The van der Waals surface area contributed by atoms with Crippen LogP contribution < -0.4 is 5.32 Å². The number of amides is 1. The molecular formula is C32H23Cl2NO4. The first kappa shape index (κ1) is 25.2. The Morgan fingerprint density at radius 1 is 0.769 bits per heavy atom. The molecule has 1 amide bonds. The normalized spacial score (nSPS) is 16.3. The molecule has 5 aromatic rings. The van der Waals surface area contributed by atoms with Crippen LogP contribution in [0.5, 0.6) is 0 Å². The average Bonchev–Trinajstić information content (AvgIpc) is 3.47. The molecule has 2 N–H and O–H groups in total. The number of carboxylic acids is 1. The quantitative estimate of drug-likeness (QED) is 0.232. The monoisotopic (exact) mass is 555 g/mol. The van der Waals surface area contributed by atoms with E-state index in [9.17, 15) is 14.7 Å². The predicted octanol–water partition coefficient (Wildman–Crippen LogP) is 7.73. The highest BCUT2D eigenvalue weighted by molar-refractivity contribution is 6.31. The molecule has 5 nitrogen and oxygen atoms in total. The summed E-state index contributed by atoms with van der Waals surface area (Å²) in [6.07, 6.45) is 0.356. The fourth-order valence-corrected chi connectivity index (χ4v) is 5.58. The topological polar surface area (TPSA) is 79.5 Å². The van der Waals surface area contributed by atoms with Crippen molar-refractivity contribution < 1.29 is 19.1 Å². The minimum atomic E-state index is -1.47. The van der Waals surface area contributed by atoms with E-state index in [-0.39, 0.29) is 18.6 Å². The van der Waals surface area contributed by atoms with Crippen molar-refractivity contribution in [1.29, 1.82) is 0 Å². The van der Waals surface area contributed by atoms with E-state index in [0.717, 1.165) is 38.8 Å². The van der Waals surface area contributed by atoms with Crippen LogP contribution in [0.2, 0.25) is 10.0 Å². The van der Waals surface area contributed by atoms with Gasteiger partial charge in [-0.25, -0.2) is 4.79 Å². The molecule has 0 saturated heterocycles. The third-order valence-corrected chi connectivity index (χ3v) is 7.96. The second-order valence-corrected chi connectivity index (χ2v) is 10.8. The van der Waals surface area contributed by atoms with Crippen LogP contribution in [0, 0.1) is 6.92 Å². The average molecular weight is 556 g/mol. The number of fused-ring (bicyclic) bond motifs is 2. The number of benzene rings is 4. The zero-order valence-electron chi connectivity index (χ0n) is 20.9. The van der Waals surface area contributed by atoms with Crippen molar-refractivity contribution in [3.8, 4) is 22.3 Å². The van der Waals surface area contributed by atoms with Crippen molar-refractivity contribution >= 4 is 46.0 Å².